The number of hydrogen-bond acceptors (Lipinski definition) is 3. The van der Waals surface area contributed by atoms with Crippen molar-refractivity contribution < 1.29 is 5.21 Å². The third-order valence-electron chi connectivity index (χ3n) is 3.13. The smallest absolute Gasteiger partial charge is 0.170 e. The summed E-state index contributed by atoms with van der Waals surface area (Å²) in [4.78, 5) is 2.04. The molecule has 0 saturated heterocycles. The van der Waals surface area contributed by atoms with Gasteiger partial charge in [0.15, 0.2) is 5.84 Å². The fourth-order valence-corrected chi connectivity index (χ4v) is 2.74. The van der Waals surface area contributed by atoms with Crippen molar-refractivity contribution in [3.05, 3.63) is 63.1 Å². The van der Waals surface area contributed by atoms with E-state index in [4.69, 9.17) is 22.5 Å². The van der Waals surface area contributed by atoms with Crippen LogP contribution in [0.3, 0.4) is 0 Å². The van der Waals surface area contributed by atoms with Gasteiger partial charge in [-0.1, -0.05) is 50.9 Å². The molecule has 2 aromatic carbocycles. The second kappa shape index (κ2) is 6.83. The Bertz CT molecular complexity index is 676. The quantitative estimate of drug-likeness (QED) is 0.373. The molecule has 0 aliphatic rings. The fraction of sp³-hybridized carbons (Fsp3) is 0.133. The van der Waals surface area contributed by atoms with E-state index in [1.807, 2.05) is 36.2 Å². The fourth-order valence-electron chi connectivity index (χ4n) is 2.00. The van der Waals surface area contributed by atoms with Crippen LogP contribution in [0.1, 0.15) is 11.1 Å². The van der Waals surface area contributed by atoms with Crippen molar-refractivity contribution in [2.45, 2.75) is 6.54 Å². The minimum Gasteiger partial charge on any atom is -0.409 e. The van der Waals surface area contributed by atoms with Crippen LogP contribution in [0.15, 0.2) is 52.1 Å². The lowest BCUT2D eigenvalue weighted by atomic mass is 10.1. The number of rotatable bonds is 4. The van der Waals surface area contributed by atoms with Gasteiger partial charge in [0.1, 0.15) is 0 Å². The zero-order chi connectivity index (χ0) is 15.4. The molecular formula is C15H15BrClN3O. The van der Waals surface area contributed by atoms with Crippen LogP contribution in [0.5, 0.6) is 0 Å². The summed E-state index contributed by atoms with van der Waals surface area (Å²) in [5.74, 6) is 0.0388. The Balaban J connectivity index is 2.24. The molecule has 0 atom stereocenters. The molecule has 0 aliphatic heterocycles. The van der Waals surface area contributed by atoms with Gasteiger partial charge in [-0.25, -0.2) is 0 Å². The van der Waals surface area contributed by atoms with Gasteiger partial charge in [-0.15, -0.1) is 0 Å². The molecule has 0 heterocycles. The Morgan fingerprint density at radius 1 is 1.33 bits per heavy atom. The molecule has 0 spiro atoms. The molecule has 4 nitrogen and oxygen atoms in total. The van der Waals surface area contributed by atoms with Crippen molar-refractivity contribution in [1.82, 2.24) is 0 Å². The van der Waals surface area contributed by atoms with Crippen molar-refractivity contribution in [1.29, 1.82) is 0 Å². The van der Waals surface area contributed by atoms with Crippen LogP contribution in [0.4, 0.5) is 5.69 Å². The van der Waals surface area contributed by atoms with E-state index < -0.39 is 0 Å². The van der Waals surface area contributed by atoms with Gasteiger partial charge in [0.05, 0.1) is 10.7 Å². The van der Waals surface area contributed by atoms with E-state index in [1.165, 1.54) is 0 Å². The molecule has 3 N–H and O–H groups in total. The van der Waals surface area contributed by atoms with Crippen LogP contribution in [-0.4, -0.2) is 18.1 Å². The second-order valence-electron chi connectivity index (χ2n) is 4.60. The lowest BCUT2D eigenvalue weighted by molar-refractivity contribution is 0.318. The maximum absolute atomic E-state index is 8.69. The van der Waals surface area contributed by atoms with E-state index in [-0.39, 0.29) is 5.84 Å². The second-order valence-corrected chi connectivity index (χ2v) is 5.86. The highest BCUT2D eigenvalue weighted by Gasteiger charge is 2.10. The SMILES string of the molecule is CN(Cc1ccccc1Br)c1ccc(C(N)=NO)cc1Cl. The average Bonchev–Trinajstić information content (AvgIpc) is 2.48. The van der Waals surface area contributed by atoms with Gasteiger partial charge in [-0.3, -0.25) is 0 Å². The normalized spacial score (nSPS) is 11.5. The zero-order valence-corrected chi connectivity index (χ0v) is 13.8. The van der Waals surface area contributed by atoms with Crippen LogP contribution in [-0.2, 0) is 6.54 Å². The zero-order valence-electron chi connectivity index (χ0n) is 11.4. The molecule has 0 fully saturated rings. The van der Waals surface area contributed by atoms with Gasteiger partial charge >= 0.3 is 0 Å². The van der Waals surface area contributed by atoms with Crippen LogP contribution in [0, 0.1) is 0 Å². The lowest BCUT2D eigenvalue weighted by Crippen LogP contribution is -2.18. The first kappa shape index (κ1) is 15.7. The highest BCUT2D eigenvalue weighted by Crippen LogP contribution is 2.28. The first-order chi connectivity index (χ1) is 10.0. The van der Waals surface area contributed by atoms with E-state index in [1.54, 1.807) is 12.1 Å². The van der Waals surface area contributed by atoms with Gasteiger partial charge in [-0.05, 0) is 29.8 Å². The predicted molar refractivity (Wildman–Crippen MR) is 90.2 cm³/mol. The summed E-state index contributed by atoms with van der Waals surface area (Å²) in [7, 11) is 1.96. The highest BCUT2D eigenvalue weighted by molar-refractivity contribution is 9.10. The molecule has 0 saturated carbocycles. The average molecular weight is 369 g/mol. The van der Waals surface area contributed by atoms with Crippen molar-refractivity contribution in [2.75, 3.05) is 11.9 Å². The Kier molecular flexibility index (Phi) is 5.09. The Morgan fingerprint density at radius 2 is 2.05 bits per heavy atom. The first-order valence-electron chi connectivity index (χ1n) is 6.25. The Labute approximate surface area is 136 Å². The number of hydrogen-bond donors (Lipinski definition) is 2. The van der Waals surface area contributed by atoms with Crippen molar-refractivity contribution in [2.24, 2.45) is 10.9 Å². The van der Waals surface area contributed by atoms with Gasteiger partial charge < -0.3 is 15.8 Å². The number of nitrogens with two attached hydrogens (primary N) is 1. The molecule has 0 bridgehead atoms. The minimum absolute atomic E-state index is 0.0388. The number of oxime groups is 1. The van der Waals surface area contributed by atoms with Crippen molar-refractivity contribution in [3.8, 4) is 0 Å². The minimum atomic E-state index is 0.0388. The maximum atomic E-state index is 8.69. The molecule has 0 amide bonds. The largest absolute Gasteiger partial charge is 0.409 e. The molecular weight excluding hydrogens is 354 g/mol. The van der Waals surface area contributed by atoms with Gasteiger partial charge in [0.2, 0.25) is 0 Å². The summed E-state index contributed by atoms with van der Waals surface area (Å²) >= 11 is 9.82. The highest BCUT2D eigenvalue weighted by atomic mass is 79.9. The van der Waals surface area contributed by atoms with Crippen LogP contribution >= 0.6 is 27.5 Å². The lowest BCUT2D eigenvalue weighted by Gasteiger charge is -2.21. The predicted octanol–water partition coefficient (Wildman–Crippen LogP) is 3.83. The molecule has 2 rings (SSSR count). The summed E-state index contributed by atoms with van der Waals surface area (Å²) in [5, 5.41) is 12.2. The summed E-state index contributed by atoms with van der Waals surface area (Å²) in [6.45, 7) is 0.712. The molecule has 2 aromatic rings. The summed E-state index contributed by atoms with van der Waals surface area (Å²) in [6.07, 6.45) is 0. The van der Waals surface area contributed by atoms with E-state index in [9.17, 15) is 0 Å². The molecule has 0 aromatic heterocycles. The van der Waals surface area contributed by atoms with Gasteiger partial charge in [0, 0.05) is 23.6 Å². The maximum Gasteiger partial charge on any atom is 0.170 e. The molecule has 6 heteroatoms. The molecule has 0 radical (unpaired) electrons. The third kappa shape index (κ3) is 3.68. The molecule has 0 aliphatic carbocycles. The number of anilines is 1. The van der Waals surface area contributed by atoms with E-state index >= 15 is 0 Å². The number of nitrogens with zero attached hydrogens (tertiary/aromatic N) is 2. The summed E-state index contributed by atoms with van der Waals surface area (Å²) in [5.41, 5.74) is 8.18. The molecule has 0 unspecified atom stereocenters. The van der Waals surface area contributed by atoms with Crippen LogP contribution in [0.25, 0.3) is 0 Å². The summed E-state index contributed by atoms with van der Waals surface area (Å²) in [6, 6.07) is 13.3. The van der Waals surface area contributed by atoms with E-state index in [0.717, 1.165) is 15.7 Å². The standard InChI is InChI=1S/C15H15BrClN3O/c1-20(9-11-4-2-3-5-12(11)16)14-7-6-10(8-13(14)17)15(18)19-21/h2-8,21H,9H2,1H3,(H2,18,19). The molecule has 110 valence electrons. The van der Waals surface area contributed by atoms with Crippen LogP contribution in [0.2, 0.25) is 5.02 Å². The Hall–Kier alpha value is -1.72. The summed E-state index contributed by atoms with van der Waals surface area (Å²) < 4.78 is 1.06. The van der Waals surface area contributed by atoms with E-state index in [0.29, 0.717) is 17.1 Å². The van der Waals surface area contributed by atoms with Crippen molar-refractivity contribution >= 4 is 39.1 Å². The van der Waals surface area contributed by atoms with Gasteiger partial charge in [-0.2, -0.15) is 0 Å². The van der Waals surface area contributed by atoms with Crippen molar-refractivity contribution in [3.63, 3.8) is 0 Å². The Morgan fingerprint density at radius 3 is 2.67 bits per heavy atom. The third-order valence-corrected chi connectivity index (χ3v) is 4.20. The number of amidine groups is 1. The van der Waals surface area contributed by atoms with Gasteiger partial charge in [0.25, 0.3) is 0 Å². The number of benzene rings is 2. The number of halogens is 2. The first-order valence-corrected chi connectivity index (χ1v) is 7.42. The molecule has 21 heavy (non-hydrogen) atoms. The monoisotopic (exact) mass is 367 g/mol. The van der Waals surface area contributed by atoms with Crippen LogP contribution < -0.4 is 10.6 Å². The van der Waals surface area contributed by atoms with E-state index in [2.05, 4.69) is 27.2 Å². The topological polar surface area (TPSA) is 61.8 Å².